The highest BCUT2D eigenvalue weighted by Crippen LogP contribution is 2.35. The highest BCUT2D eigenvalue weighted by atomic mass is 35.5. The summed E-state index contributed by atoms with van der Waals surface area (Å²) in [5, 5.41) is 0.990. The molecule has 1 N–H and O–H groups in total. The molecule has 0 radical (unpaired) electrons. The molecule has 0 aliphatic rings. The second kappa shape index (κ2) is 7.21. The van der Waals surface area contributed by atoms with Gasteiger partial charge in [-0.2, -0.15) is 0 Å². The lowest BCUT2D eigenvalue weighted by Crippen LogP contribution is -2.26. The van der Waals surface area contributed by atoms with Crippen molar-refractivity contribution in [3.63, 3.8) is 0 Å². The number of pyridine rings is 1. The molecule has 3 aromatic rings. The van der Waals surface area contributed by atoms with Crippen LogP contribution in [0.3, 0.4) is 0 Å². The van der Waals surface area contributed by atoms with Crippen molar-refractivity contribution in [1.29, 1.82) is 0 Å². The van der Waals surface area contributed by atoms with Gasteiger partial charge in [0.25, 0.3) is 0 Å². The third kappa shape index (κ3) is 3.27. The van der Waals surface area contributed by atoms with Crippen LogP contribution in [0.15, 0.2) is 58.5 Å². The van der Waals surface area contributed by atoms with Crippen molar-refractivity contribution in [2.24, 2.45) is 0 Å². The van der Waals surface area contributed by atoms with Gasteiger partial charge in [0, 0.05) is 24.2 Å². The summed E-state index contributed by atoms with van der Waals surface area (Å²) in [5.41, 5.74) is 1.17. The Hall–Kier alpha value is -2.18. The van der Waals surface area contributed by atoms with Crippen LogP contribution >= 0.6 is 11.6 Å². The van der Waals surface area contributed by atoms with E-state index in [9.17, 15) is 12.8 Å². The first-order valence-corrected chi connectivity index (χ1v) is 10.1. The summed E-state index contributed by atoms with van der Waals surface area (Å²) < 4.78 is 40.4. The highest BCUT2D eigenvalue weighted by molar-refractivity contribution is 7.91. The van der Waals surface area contributed by atoms with E-state index < -0.39 is 15.7 Å². The van der Waals surface area contributed by atoms with Crippen LogP contribution in [0.1, 0.15) is 13.8 Å². The molecule has 0 aliphatic heterocycles. The average molecular weight is 394 g/mol. The Labute approximate surface area is 157 Å². The summed E-state index contributed by atoms with van der Waals surface area (Å²) in [6, 6.07) is 10.3. The fourth-order valence-corrected chi connectivity index (χ4v) is 4.58. The number of rotatable bonds is 5. The molecule has 0 aliphatic carbocycles. The Morgan fingerprint density at radius 2 is 1.73 bits per heavy atom. The van der Waals surface area contributed by atoms with E-state index in [1.165, 1.54) is 42.6 Å². The van der Waals surface area contributed by atoms with Crippen LogP contribution in [0.5, 0.6) is 0 Å². The summed E-state index contributed by atoms with van der Waals surface area (Å²) in [6.07, 6.45) is 1.47. The number of aromatic nitrogens is 1. The number of halogens is 2. The minimum atomic E-state index is -3.81. The summed E-state index contributed by atoms with van der Waals surface area (Å²) in [5.74, 6) is -0.416. The van der Waals surface area contributed by atoms with Gasteiger partial charge in [-0.3, -0.25) is 0 Å². The van der Waals surface area contributed by atoms with E-state index in [1.807, 2.05) is 18.7 Å². The Morgan fingerprint density at radius 3 is 2.35 bits per heavy atom. The van der Waals surface area contributed by atoms with Gasteiger partial charge in [-0.1, -0.05) is 11.6 Å². The Morgan fingerprint density at radius 1 is 1.08 bits per heavy atom. The largest absolute Gasteiger partial charge is 0.370 e. The second-order valence-corrected chi connectivity index (χ2v) is 8.18. The second-order valence-electron chi connectivity index (χ2n) is 5.82. The molecule has 3 rings (SSSR count). The molecular formula is C19H19ClFN2O2S+. The molecule has 4 nitrogen and oxygen atoms in total. The molecule has 0 unspecified atom stereocenters. The monoisotopic (exact) mass is 393 g/mol. The molecule has 1 heterocycles. The predicted octanol–water partition coefficient (Wildman–Crippen LogP) is 4.13. The molecule has 0 saturated carbocycles. The van der Waals surface area contributed by atoms with E-state index in [4.69, 9.17) is 11.6 Å². The van der Waals surface area contributed by atoms with Gasteiger partial charge < -0.3 is 4.90 Å². The molecule has 0 spiro atoms. The van der Waals surface area contributed by atoms with Gasteiger partial charge in [0.05, 0.1) is 16.0 Å². The smallest absolute Gasteiger partial charge is 0.214 e. The van der Waals surface area contributed by atoms with Gasteiger partial charge in [-0.15, -0.1) is 0 Å². The normalized spacial score (nSPS) is 11.7. The van der Waals surface area contributed by atoms with Crippen LogP contribution in [-0.4, -0.2) is 21.5 Å². The number of sulfone groups is 1. The van der Waals surface area contributed by atoms with E-state index in [-0.39, 0.29) is 9.79 Å². The zero-order valence-electron chi connectivity index (χ0n) is 14.5. The van der Waals surface area contributed by atoms with Crippen LogP contribution < -0.4 is 9.88 Å². The molecule has 0 saturated heterocycles. The van der Waals surface area contributed by atoms with E-state index in [0.29, 0.717) is 34.7 Å². The Balaban J connectivity index is 2.34. The molecule has 7 heteroatoms. The van der Waals surface area contributed by atoms with E-state index in [2.05, 4.69) is 4.98 Å². The molecule has 26 heavy (non-hydrogen) atoms. The lowest BCUT2D eigenvalue weighted by molar-refractivity contribution is -0.347. The van der Waals surface area contributed by atoms with Crippen molar-refractivity contribution >= 4 is 38.0 Å². The van der Waals surface area contributed by atoms with E-state index in [1.54, 1.807) is 6.07 Å². The summed E-state index contributed by atoms with van der Waals surface area (Å²) in [7, 11) is -3.81. The van der Waals surface area contributed by atoms with Gasteiger partial charge in [-0.05, 0) is 50.2 Å². The maximum atomic E-state index is 13.9. The Bertz CT molecular complexity index is 1050. The van der Waals surface area contributed by atoms with Gasteiger partial charge in [0.2, 0.25) is 15.4 Å². The number of anilines is 1. The summed E-state index contributed by atoms with van der Waals surface area (Å²) in [4.78, 5) is 5.14. The minimum absolute atomic E-state index is 0.113. The first-order chi connectivity index (χ1) is 12.4. The van der Waals surface area contributed by atoms with E-state index >= 15 is 0 Å². The number of nitrogens with zero attached hydrogens (tertiary/aromatic N) is 1. The SMILES string of the molecule is CCN(CC)c1c(S(=O)(=O)c2ccc(Cl)cc2)c[nH+]c2ccc(F)cc12. The van der Waals surface area contributed by atoms with Crippen molar-refractivity contribution in [3.8, 4) is 0 Å². The molecule has 1 aromatic heterocycles. The van der Waals surface area contributed by atoms with Gasteiger partial charge >= 0.3 is 0 Å². The van der Waals surface area contributed by atoms with Crippen molar-refractivity contribution in [1.82, 2.24) is 0 Å². The fraction of sp³-hybridized carbons (Fsp3) is 0.211. The van der Waals surface area contributed by atoms with Crippen molar-refractivity contribution in [2.45, 2.75) is 23.6 Å². The summed E-state index contributed by atoms with van der Waals surface area (Å²) >= 11 is 5.88. The molecular weight excluding hydrogens is 375 g/mol. The number of hydrogen-bond acceptors (Lipinski definition) is 3. The van der Waals surface area contributed by atoms with Crippen LogP contribution in [0.4, 0.5) is 10.1 Å². The fourth-order valence-electron chi connectivity index (χ4n) is 2.99. The first kappa shape index (κ1) is 18.6. The topological polar surface area (TPSA) is 51.5 Å². The molecule has 0 atom stereocenters. The van der Waals surface area contributed by atoms with Gasteiger partial charge in [-0.25, -0.2) is 17.8 Å². The molecule has 0 amide bonds. The minimum Gasteiger partial charge on any atom is -0.370 e. The molecule has 136 valence electrons. The average Bonchev–Trinajstić information content (AvgIpc) is 2.63. The number of aromatic amines is 1. The molecule has 2 aromatic carbocycles. The van der Waals surface area contributed by atoms with Crippen LogP contribution in [-0.2, 0) is 9.84 Å². The maximum absolute atomic E-state index is 13.9. The van der Waals surface area contributed by atoms with Crippen molar-refractivity contribution in [3.05, 3.63) is 59.5 Å². The first-order valence-electron chi connectivity index (χ1n) is 8.28. The van der Waals surface area contributed by atoms with Crippen molar-refractivity contribution < 1.29 is 17.8 Å². The summed E-state index contributed by atoms with van der Waals surface area (Å²) in [6.45, 7) is 5.05. The lowest BCUT2D eigenvalue weighted by Gasteiger charge is -2.24. The van der Waals surface area contributed by atoms with Gasteiger partial charge in [0.1, 0.15) is 5.82 Å². The zero-order valence-corrected chi connectivity index (χ0v) is 16.0. The molecule has 0 fully saturated rings. The van der Waals surface area contributed by atoms with Crippen LogP contribution in [0.2, 0.25) is 5.02 Å². The predicted molar refractivity (Wildman–Crippen MR) is 101 cm³/mol. The number of benzene rings is 2. The van der Waals surface area contributed by atoms with Gasteiger partial charge in [0.15, 0.2) is 11.1 Å². The number of hydrogen-bond donors (Lipinski definition) is 0. The van der Waals surface area contributed by atoms with Crippen LogP contribution in [0.25, 0.3) is 10.9 Å². The third-order valence-corrected chi connectivity index (χ3v) is 6.36. The maximum Gasteiger partial charge on any atom is 0.214 e. The lowest BCUT2D eigenvalue weighted by atomic mass is 10.1. The number of fused-ring (bicyclic) bond motifs is 1. The third-order valence-electron chi connectivity index (χ3n) is 4.32. The zero-order chi connectivity index (χ0) is 18.9. The van der Waals surface area contributed by atoms with Crippen LogP contribution in [0, 0.1) is 5.82 Å². The van der Waals surface area contributed by atoms with E-state index in [0.717, 1.165) is 0 Å². The number of nitrogens with one attached hydrogen (secondary N) is 1. The highest BCUT2D eigenvalue weighted by Gasteiger charge is 2.28. The molecule has 0 bridgehead atoms. The van der Waals surface area contributed by atoms with Crippen molar-refractivity contribution in [2.75, 3.05) is 18.0 Å². The Kier molecular flexibility index (Phi) is 5.16. The standard InChI is InChI=1S/C19H18ClFN2O2S/c1-3-23(4-2)19-16-11-14(21)7-10-17(16)22-12-18(19)26(24,25)15-8-5-13(20)6-9-15/h5-12H,3-4H2,1-2H3/p+1. The quantitative estimate of drug-likeness (QED) is 0.655. The number of H-pyrrole nitrogens is 1.